The minimum atomic E-state index is -4.50. The molecule has 0 fully saturated rings. The van der Waals surface area contributed by atoms with Crippen molar-refractivity contribution in [1.82, 2.24) is 9.55 Å². The first-order valence-electron chi connectivity index (χ1n) is 7.25. The normalized spacial score (nSPS) is 12.6. The molecule has 0 aliphatic carbocycles. The molecule has 0 amide bonds. The van der Waals surface area contributed by atoms with Gasteiger partial charge in [0.15, 0.2) is 0 Å². The van der Waals surface area contributed by atoms with E-state index in [1.54, 1.807) is 10.8 Å². The first-order valence-corrected chi connectivity index (χ1v) is 7.25. The second-order valence-corrected chi connectivity index (χ2v) is 5.23. The third-order valence-corrected chi connectivity index (χ3v) is 3.48. The van der Waals surface area contributed by atoms with Gasteiger partial charge in [-0.3, -0.25) is 4.79 Å². The van der Waals surface area contributed by atoms with E-state index in [1.807, 2.05) is 0 Å². The van der Waals surface area contributed by atoms with Crippen molar-refractivity contribution in [2.24, 2.45) is 5.90 Å². The summed E-state index contributed by atoms with van der Waals surface area (Å²) in [5.41, 5.74) is -0.218. The van der Waals surface area contributed by atoms with Crippen LogP contribution >= 0.6 is 0 Å². The Balaban J connectivity index is 2.48. The molecule has 0 saturated heterocycles. The Labute approximate surface area is 141 Å². The molecule has 3 N–H and O–H groups in total. The first-order chi connectivity index (χ1) is 11.8. The molecule has 1 aromatic carbocycles. The van der Waals surface area contributed by atoms with Crippen molar-refractivity contribution < 1.29 is 27.9 Å². The van der Waals surface area contributed by atoms with Crippen LogP contribution in [0.3, 0.4) is 0 Å². The van der Waals surface area contributed by atoms with E-state index in [-0.39, 0.29) is 30.7 Å². The molecule has 2 aromatic rings. The fourth-order valence-corrected chi connectivity index (χ4v) is 2.29. The molecular weight excluding hydrogens is 339 g/mol. The fourth-order valence-electron chi connectivity index (χ4n) is 2.29. The number of aromatic nitrogens is 2. The zero-order valence-corrected chi connectivity index (χ0v) is 13.0. The average Bonchev–Trinajstić information content (AvgIpc) is 3.06. The van der Waals surface area contributed by atoms with E-state index < -0.39 is 17.7 Å². The number of allylic oxidation sites excluding steroid dienone is 2. The molecule has 1 aromatic heterocycles. The largest absolute Gasteiger partial charge is 0.481 e. The van der Waals surface area contributed by atoms with Crippen molar-refractivity contribution >= 4 is 11.5 Å². The van der Waals surface area contributed by atoms with Crippen LogP contribution in [0.2, 0.25) is 0 Å². The Kier molecular flexibility index (Phi) is 5.81. The summed E-state index contributed by atoms with van der Waals surface area (Å²) in [6.07, 6.45) is -0.187. The highest BCUT2D eigenvalue weighted by Gasteiger charge is 2.30. The van der Waals surface area contributed by atoms with Crippen LogP contribution in [-0.4, -0.2) is 20.6 Å². The Bertz CT molecular complexity index is 755. The van der Waals surface area contributed by atoms with E-state index in [1.165, 1.54) is 24.7 Å². The highest BCUT2D eigenvalue weighted by molar-refractivity contribution is 5.70. The number of nitrogens with zero attached hydrogens (tertiary/aromatic N) is 2. The van der Waals surface area contributed by atoms with Gasteiger partial charge in [-0.2, -0.15) is 19.1 Å². The van der Waals surface area contributed by atoms with Gasteiger partial charge in [0.05, 0.1) is 24.9 Å². The van der Waals surface area contributed by atoms with Gasteiger partial charge in [0, 0.05) is 24.4 Å². The third kappa shape index (κ3) is 5.08. The molecule has 0 spiro atoms. The lowest BCUT2D eigenvalue weighted by molar-refractivity contribution is -0.138. The first kappa shape index (κ1) is 18.5. The maximum atomic E-state index is 13.0. The minimum absolute atomic E-state index is 0.0495. The van der Waals surface area contributed by atoms with Gasteiger partial charge in [-0.1, -0.05) is 12.1 Å². The molecule has 2 rings (SSSR count). The molecule has 25 heavy (non-hydrogen) atoms. The number of aliphatic carboxylic acids is 1. The van der Waals surface area contributed by atoms with Crippen LogP contribution in [-0.2, 0) is 22.4 Å². The quantitative estimate of drug-likeness (QED) is 0.588. The predicted octanol–water partition coefficient (Wildman–Crippen LogP) is 3.07. The monoisotopic (exact) mass is 355 g/mol. The summed E-state index contributed by atoms with van der Waals surface area (Å²) in [5, 5.41) is 8.83. The lowest BCUT2D eigenvalue weighted by Gasteiger charge is -2.16. The number of imidazole rings is 1. The highest BCUT2D eigenvalue weighted by atomic mass is 19.4. The lowest BCUT2D eigenvalue weighted by Crippen LogP contribution is -2.10. The number of carboxylic acids is 1. The Hall–Kier alpha value is -2.81. The van der Waals surface area contributed by atoms with Gasteiger partial charge < -0.3 is 14.5 Å². The molecule has 0 aliphatic rings. The summed E-state index contributed by atoms with van der Waals surface area (Å²) >= 11 is 0. The van der Waals surface area contributed by atoms with Crippen LogP contribution in [0.25, 0.3) is 5.57 Å². The summed E-state index contributed by atoms with van der Waals surface area (Å²) < 4.78 is 40.6. The Morgan fingerprint density at radius 3 is 2.64 bits per heavy atom. The number of nitrogens with two attached hydrogens (primary N) is 1. The number of hydrogen-bond donors (Lipinski definition) is 2. The average molecular weight is 355 g/mol. The summed E-state index contributed by atoms with van der Waals surface area (Å²) in [4.78, 5) is 19.5. The van der Waals surface area contributed by atoms with Crippen LogP contribution in [0, 0.1) is 0 Å². The molecule has 0 atom stereocenters. The van der Waals surface area contributed by atoms with Crippen LogP contribution in [0.4, 0.5) is 13.2 Å². The molecule has 134 valence electrons. The number of benzene rings is 1. The van der Waals surface area contributed by atoms with E-state index in [4.69, 9.17) is 15.8 Å². The van der Waals surface area contributed by atoms with Crippen LogP contribution < -0.4 is 5.90 Å². The molecule has 0 saturated carbocycles. The molecular formula is C16H16F3N3O3. The van der Waals surface area contributed by atoms with Gasteiger partial charge in [-0.05, 0) is 17.7 Å². The number of halogens is 3. The molecule has 1 heterocycles. The number of rotatable bonds is 7. The van der Waals surface area contributed by atoms with Crippen molar-refractivity contribution in [2.45, 2.75) is 25.6 Å². The van der Waals surface area contributed by atoms with E-state index in [9.17, 15) is 18.0 Å². The number of carboxylic acid groups (broad SMARTS) is 1. The number of hydrogen-bond acceptors (Lipinski definition) is 4. The molecule has 0 radical (unpaired) electrons. The molecule has 0 unspecified atom stereocenters. The minimum Gasteiger partial charge on any atom is -0.481 e. The van der Waals surface area contributed by atoms with E-state index >= 15 is 0 Å². The summed E-state index contributed by atoms with van der Waals surface area (Å²) in [6.45, 7) is 0.132. The zero-order valence-electron chi connectivity index (χ0n) is 13.0. The maximum absolute atomic E-state index is 13.0. The van der Waals surface area contributed by atoms with E-state index in [0.29, 0.717) is 5.57 Å². The summed E-state index contributed by atoms with van der Waals surface area (Å²) in [7, 11) is 0. The van der Waals surface area contributed by atoms with Gasteiger partial charge in [0.25, 0.3) is 0 Å². The van der Waals surface area contributed by atoms with E-state index in [2.05, 4.69) is 4.98 Å². The topological polar surface area (TPSA) is 90.4 Å². The van der Waals surface area contributed by atoms with Crippen molar-refractivity contribution in [3.8, 4) is 0 Å². The smallest absolute Gasteiger partial charge is 0.416 e. The Morgan fingerprint density at radius 2 is 2.08 bits per heavy atom. The van der Waals surface area contributed by atoms with Gasteiger partial charge >= 0.3 is 12.1 Å². The third-order valence-electron chi connectivity index (χ3n) is 3.48. The summed E-state index contributed by atoms with van der Waals surface area (Å²) in [6, 6.07) is 4.70. The van der Waals surface area contributed by atoms with Crippen molar-refractivity contribution in [3.63, 3.8) is 0 Å². The van der Waals surface area contributed by atoms with Gasteiger partial charge in [0.2, 0.25) is 0 Å². The second-order valence-electron chi connectivity index (χ2n) is 5.23. The predicted molar refractivity (Wildman–Crippen MR) is 82.7 cm³/mol. The van der Waals surface area contributed by atoms with Crippen LogP contribution in [0.15, 0.2) is 48.7 Å². The lowest BCUT2D eigenvalue weighted by atomic mass is 10.00. The molecule has 9 heteroatoms. The second kappa shape index (κ2) is 7.84. The van der Waals surface area contributed by atoms with Crippen molar-refractivity contribution in [1.29, 1.82) is 0 Å². The zero-order chi connectivity index (χ0) is 18.4. The van der Waals surface area contributed by atoms with Gasteiger partial charge in [0.1, 0.15) is 5.76 Å². The number of carbonyl (C=O) groups is 1. The molecule has 0 aliphatic heterocycles. The van der Waals surface area contributed by atoms with Gasteiger partial charge in [-0.25, -0.2) is 4.98 Å². The fraction of sp³-hybridized carbons (Fsp3) is 0.250. The van der Waals surface area contributed by atoms with Gasteiger partial charge in [-0.15, -0.1) is 0 Å². The van der Waals surface area contributed by atoms with E-state index in [0.717, 1.165) is 12.1 Å². The number of alkyl halides is 3. The van der Waals surface area contributed by atoms with Crippen molar-refractivity contribution in [3.05, 3.63) is 59.9 Å². The highest BCUT2D eigenvalue weighted by Crippen LogP contribution is 2.32. The van der Waals surface area contributed by atoms with Crippen LogP contribution in [0.1, 0.15) is 24.0 Å². The Morgan fingerprint density at radius 1 is 1.32 bits per heavy atom. The SMILES string of the molecule is NO/C(CCC(=O)O)=C(/Cn1ccnc1)c1cccc(C(F)(F)F)c1. The molecule has 6 nitrogen and oxygen atoms in total. The summed E-state index contributed by atoms with van der Waals surface area (Å²) in [5.74, 6) is 4.29. The standard InChI is InChI=1S/C16H16F3N3O3/c17-16(18,19)12-3-1-2-11(8-12)13(9-22-7-6-21-10-22)14(25-20)4-5-15(23)24/h1-3,6-8,10H,4-5,9,20H2,(H,23,24)/b14-13-. The van der Waals surface area contributed by atoms with Crippen molar-refractivity contribution in [2.75, 3.05) is 0 Å². The van der Waals surface area contributed by atoms with Crippen LogP contribution in [0.5, 0.6) is 0 Å². The maximum Gasteiger partial charge on any atom is 0.416 e. The molecule has 0 bridgehead atoms.